The summed E-state index contributed by atoms with van der Waals surface area (Å²) in [6.45, 7) is 0.380. The number of alkyl halides is 3. The summed E-state index contributed by atoms with van der Waals surface area (Å²) in [7, 11) is 1.55. The molecule has 1 aliphatic rings. The highest BCUT2D eigenvalue weighted by Gasteiger charge is 2.38. The van der Waals surface area contributed by atoms with E-state index in [4.69, 9.17) is 14.6 Å². The molecule has 1 aromatic rings. The highest BCUT2D eigenvalue weighted by atomic mass is 19.4. The molecule has 3 amide bonds. The molecule has 0 spiro atoms. The minimum absolute atomic E-state index is 0.240. The summed E-state index contributed by atoms with van der Waals surface area (Å²) >= 11 is 0. The molecule has 1 heterocycles. The second kappa shape index (κ2) is 7.47. The molecule has 0 unspecified atom stereocenters. The summed E-state index contributed by atoms with van der Waals surface area (Å²) in [4.78, 5) is 33.0. The fraction of sp³-hybridized carbons (Fsp3) is 0.308. The summed E-state index contributed by atoms with van der Waals surface area (Å²) in [6, 6.07) is 6.81. The molecule has 0 atom stereocenters. The summed E-state index contributed by atoms with van der Waals surface area (Å²) in [5.74, 6) is -2.38. The lowest BCUT2D eigenvalue weighted by Crippen LogP contribution is -2.49. The van der Waals surface area contributed by atoms with Gasteiger partial charge in [-0.2, -0.15) is 13.2 Å². The molecule has 1 fully saturated rings. The second-order valence-electron chi connectivity index (χ2n) is 4.23. The number of carbonyl (C=O) groups is 3. The smallest absolute Gasteiger partial charge is 0.490 e. The molecule has 1 saturated heterocycles. The standard InChI is InChI=1S/C11H12N2O3.C2HF3O2/c1-16-9-5-3-2-4-8(9)13-7-6-10(14)12-11(13)15;3-2(4,5)1(6)7/h2-5H,6-7H2,1H3,(H,12,14,15);(H,6,7). The van der Waals surface area contributed by atoms with E-state index < -0.39 is 18.2 Å². The first kappa shape index (κ1) is 18.3. The van der Waals surface area contributed by atoms with Gasteiger partial charge in [-0.05, 0) is 12.1 Å². The molecule has 0 aliphatic carbocycles. The number of carboxylic acids is 1. The van der Waals surface area contributed by atoms with Gasteiger partial charge in [0, 0.05) is 13.0 Å². The highest BCUT2D eigenvalue weighted by Crippen LogP contribution is 2.28. The Morgan fingerprint density at radius 2 is 1.87 bits per heavy atom. The fourth-order valence-corrected chi connectivity index (χ4v) is 1.65. The Hall–Kier alpha value is -2.78. The number of urea groups is 1. The van der Waals surface area contributed by atoms with E-state index in [-0.39, 0.29) is 5.91 Å². The Morgan fingerprint density at radius 3 is 2.35 bits per heavy atom. The van der Waals surface area contributed by atoms with Gasteiger partial charge in [-0.1, -0.05) is 12.1 Å². The lowest BCUT2D eigenvalue weighted by molar-refractivity contribution is -0.192. The topological polar surface area (TPSA) is 95.9 Å². The van der Waals surface area contributed by atoms with Crippen LogP contribution in [0.3, 0.4) is 0 Å². The largest absolute Gasteiger partial charge is 0.495 e. The van der Waals surface area contributed by atoms with E-state index in [0.29, 0.717) is 24.4 Å². The highest BCUT2D eigenvalue weighted by molar-refractivity contribution is 6.06. The van der Waals surface area contributed by atoms with E-state index in [0.717, 1.165) is 0 Å². The van der Waals surface area contributed by atoms with Gasteiger partial charge in [0.2, 0.25) is 5.91 Å². The van der Waals surface area contributed by atoms with Crippen molar-refractivity contribution >= 4 is 23.6 Å². The van der Waals surface area contributed by atoms with Crippen molar-refractivity contribution in [3.63, 3.8) is 0 Å². The molecular formula is C13H13F3N2O5. The summed E-state index contributed by atoms with van der Waals surface area (Å²) in [5.41, 5.74) is 0.676. The number of halogens is 3. The van der Waals surface area contributed by atoms with Crippen molar-refractivity contribution in [2.45, 2.75) is 12.6 Å². The number of rotatable bonds is 2. The van der Waals surface area contributed by atoms with Crippen molar-refractivity contribution in [3.8, 4) is 5.75 Å². The number of aliphatic carboxylic acids is 1. The number of anilines is 1. The maximum atomic E-state index is 11.6. The third kappa shape index (κ3) is 5.16. The van der Waals surface area contributed by atoms with Gasteiger partial charge in [0.25, 0.3) is 0 Å². The van der Waals surface area contributed by atoms with Gasteiger partial charge in [-0.3, -0.25) is 15.0 Å². The first-order chi connectivity index (χ1) is 10.7. The number of carboxylic acid groups (broad SMARTS) is 1. The Labute approximate surface area is 128 Å². The molecule has 0 aromatic heterocycles. The molecule has 23 heavy (non-hydrogen) atoms. The lowest BCUT2D eigenvalue weighted by atomic mass is 10.2. The molecule has 1 aliphatic heterocycles. The van der Waals surface area contributed by atoms with Crippen LogP contribution < -0.4 is 15.0 Å². The number of methoxy groups -OCH3 is 1. The first-order valence-corrected chi connectivity index (χ1v) is 6.21. The molecule has 0 bridgehead atoms. The Morgan fingerprint density at radius 1 is 1.30 bits per heavy atom. The van der Waals surface area contributed by atoms with Crippen LogP contribution in [-0.2, 0) is 9.59 Å². The lowest BCUT2D eigenvalue weighted by Gasteiger charge is -2.27. The number of hydrogen-bond acceptors (Lipinski definition) is 4. The van der Waals surface area contributed by atoms with Crippen LogP contribution in [0.5, 0.6) is 5.75 Å². The molecular weight excluding hydrogens is 321 g/mol. The molecule has 0 radical (unpaired) electrons. The maximum absolute atomic E-state index is 11.6. The van der Waals surface area contributed by atoms with E-state index in [2.05, 4.69) is 5.32 Å². The molecule has 2 rings (SSSR count). The molecule has 1 aromatic carbocycles. The van der Waals surface area contributed by atoms with Gasteiger partial charge in [0.1, 0.15) is 5.75 Å². The average molecular weight is 334 g/mol. The number of imide groups is 1. The van der Waals surface area contributed by atoms with E-state index in [9.17, 15) is 22.8 Å². The zero-order valence-electron chi connectivity index (χ0n) is 11.9. The van der Waals surface area contributed by atoms with E-state index in [1.165, 1.54) is 4.90 Å². The van der Waals surface area contributed by atoms with Gasteiger partial charge in [0.15, 0.2) is 0 Å². The molecule has 126 valence electrons. The molecule has 0 saturated carbocycles. The number of hydrogen-bond donors (Lipinski definition) is 2. The number of nitrogens with zero attached hydrogens (tertiary/aromatic N) is 1. The predicted octanol–water partition coefficient (Wildman–Crippen LogP) is 1.77. The average Bonchev–Trinajstić information content (AvgIpc) is 2.47. The molecule has 7 nitrogen and oxygen atoms in total. The van der Waals surface area contributed by atoms with Crippen LogP contribution in [0, 0.1) is 0 Å². The SMILES string of the molecule is COc1ccccc1N1CCC(=O)NC1=O.O=C(O)C(F)(F)F. The van der Waals surface area contributed by atoms with Gasteiger partial charge in [-0.15, -0.1) is 0 Å². The number of benzene rings is 1. The van der Waals surface area contributed by atoms with Crippen LogP contribution in [0.2, 0.25) is 0 Å². The monoisotopic (exact) mass is 334 g/mol. The van der Waals surface area contributed by atoms with Crippen LogP contribution in [0.15, 0.2) is 24.3 Å². The van der Waals surface area contributed by atoms with Crippen LogP contribution >= 0.6 is 0 Å². The van der Waals surface area contributed by atoms with E-state index in [1.54, 1.807) is 19.2 Å². The number of carbonyl (C=O) groups excluding carboxylic acids is 2. The van der Waals surface area contributed by atoms with Crippen LogP contribution in [0.4, 0.5) is 23.7 Å². The third-order valence-electron chi connectivity index (χ3n) is 2.67. The van der Waals surface area contributed by atoms with Gasteiger partial charge >= 0.3 is 18.2 Å². The van der Waals surface area contributed by atoms with Crippen molar-refractivity contribution in [1.82, 2.24) is 5.32 Å². The van der Waals surface area contributed by atoms with Crippen LogP contribution in [0.25, 0.3) is 0 Å². The Bertz CT molecular complexity index is 604. The third-order valence-corrected chi connectivity index (χ3v) is 2.67. The van der Waals surface area contributed by atoms with Crippen molar-refractivity contribution in [2.24, 2.45) is 0 Å². The minimum Gasteiger partial charge on any atom is -0.495 e. The van der Waals surface area contributed by atoms with E-state index >= 15 is 0 Å². The van der Waals surface area contributed by atoms with Crippen LogP contribution in [0.1, 0.15) is 6.42 Å². The van der Waals surface area contributed by atoms with Crippen molar-refractivity contribution in [3.05, 3.63) is 24.3 Å². The predicted molar refractivity (Wildman–Crippen MR) is 72.2 cm³/mol. The fourth-order valence-electron chi connectivity index (χ4n) is 1.65. The minimum atomic E-state index is -5.08. The van der Waals surface area contributed by atoms with Gasteiger partial charge < -0.3 is 9.84 Å². The Kier molecular flexibility index (Phi) is 5.94. The van der Waals surface area contributed by atoms with Crippen molar-refractivity contribution < 1.29 is 37.4 Å². The second-order valence-corrected chi connectivity index (χ2v) is 4.23. The zero-order chi connectivity index (χ0) is 17.6. The van der Waals surface area contributed by atoms with Gasteiger partial charge in [0.05, 0.1) is 12.8 Å². The summed E-state index contributed by atoms with van der Waals surface area (Å²) < 4.78 is 36.9. The maximum Gasteiger partial charge on any atom is 0.490 e. The molecule has 10 heteroatoms. The van der Waals surface area contributed by atoms with E-state index in [1.807, 2.05) is 12.1 Å². The number of amides is 3. The number of nitrogens with one attached hydrogen (secondary N) is 1. The van der Waals surface area contributed by atoms with Crippen molar-refractivity contribution in [1.29, 1.82) is 0 Å². The van der Waals surface area contributed by atoms with Crippen LogP contribution in [-0.4, -0.2) is 42.8 Å². The zero-order valence-corrected chi connectivity index (χ0v) is 11.9. The quantitative estimate of drug-likeness (QED) is 0.859. The Balaban J connectivity index is 0.000000322. The number of ether oxygens (including phenoxy) is 1. The van der Waals surface area contributed by atoms with Gasteiger partial charge in [-0.25, -0.2) is 9.59 Å². The molecule has 2 N–H and O–H groups in total. The summed E-state index contributed by atoms with van der Waals surface area (Å²) in [5, 5.41) is 9.40. The van der Waals surface area contributed by atoms with Crippen molar-refractivity contribution in [2.75, 3.05) is 18.6 Å². The summed E-state index contributed by atoms with van der Waals surface area (Å²) in [6.07, 6.45) is -4.77. The first-order valence-electron chi connectivity index (χ1n) is 6.21. The number of para-hydroxylation sites is 2. The normalized spacial score (nSPS) is 14.5.